The van der Waals surface area contributed by atoms with Crippen LogP contribution in [0.15, 0.2) is 231 Å². The number of carbonyl (C=O) groups excluding carboxylic acids is 12. The fraction of sp³-hybridized carbons (Fsp3) is 0.364. The van der Waals surface area contributed by atoms with E-state index in [0.717, 1.165) is 76.4 Å². The molecule has 624 valence electrons. The zero-order valence-corrected chi connectivity index (χ0v) is 67.8. The van der Waals surface area contributed by atoms with Crippen molar-refractivity contribution in [2.24, 2.45) is 0 Å². The highest BCUT2D eigenvalue weighted by Crippen LogP contribution is 2.14. The Morgan fingerprint density at radius 3 is 0.776 bits per heavy atom. The second kappa shape index (κ2) is 55.5. The van der Waals surface area contributed by atoms with Crippen LogP contribution >= 0.6 is 0 Å². The number of hydrogen-bond acceptors (Lipinski definition) is 24. The highest BCUT2D eigenvalue weighted by molar-refractivity contribution is 5.93. The summed E-state index contributed by atoms with van der Waals surface area (Å²) in [5.74, 6) is -4.94. The van der Waals surface area contributed by atoms with Gasteiger partial charge in [0.2, 0.25) is 0 Å². The minimum atomic E-state index is -0.716. The Morgan fingerprint density at radius 2 is 0.509 bits per heavy atom. The Hall–Kier alpha value is -12.9. The Labute approximate surface area is 677 Å². The molecule has 0 bridgehead atoms. The van der Waals surface area contributed by atoms with Gasteiger partial charge >= 0.3 is 72.1 Å². The molecular formula is C88H108N4O24. The molecule has 0 aliphatic heterocycles. The Bertz CT molecular complexity index is 4070. The van der Waals surface area contributed by atoms with Crippen LogP contribution in [-0.2, 0) is 123 Å². The van der Waals surface area contributed by atoms with E-state index in [0.29, 0.717) is 31.4 Å². The highest BCUT2D eigenvalue weighted by atomic mass is 16.6. The van der Waals surface area contributed by atoms with E-state index in [-0.39, 0.29) is 63.6 Å². The normalized spacial score (nSPS) is 12.0. The molecule has 0 unspecified atom stereocenters. The van der Waals surface area contributed by atoms with E-state index in [1.807, 2.05) is 158 Å². The van der Waals surface area contributed by atoms with Crippen molar-refractivity contribution in [3.63, 3.8) is 0 Å². The lowest BCUT2D eigenvalue weighted by atomic mass is 10.1. The molecule has 0 spiro atoms. The number of benzene rings is 6. The first-order chi connectivity index (χ1) is 55.1. The Balaban J connectivity index is 0.000000401. The van der Waals surface area contributed by atoms with Crippen LogP contribution < -0.4 is 26.0 Å². The maximum atomic E-state index is 12.2. The lowest BCUT2D eigenvalue weighted by Gasteiger charge is -2.23. The van der Waals surface area contributed by atoms with Crippen molar-refractivity contribution in [1.82, 2.24) is 21.3 Å². The molecule has 28 heteroatoms. The molecule has 4 N–H and O–H groups in total. The third-order valence-electron chi connectivity index (χ3n) is 14.0. The third-order valence-corrected chi connectivity index (χ3v) is 14.0. The molecule has 0 aliphatic carbocycles. The number of ether oxygens (including phenoxy) is 12. The molecule has 4 amide bonds. The third kappa shape index (κ3) is 50.9. The monoisotopic (exact) mass is 1600 g/mol. The quantitative estimate of drug-likeness (QED) is 0.0161. The predicted octanol–water partition coefficient (Wildman–Crippen LogP) is 13.0. The van der Waals surface area contributed by atoms with Crippen LogP contribution in [-0.4, -0.2) is 159 Å². The molecule has 6 aromatic rings. The molecule has 0 saturated carbocycles. The average Bonchev–Trinajstić information content (AvgIpc) is 0.902. The zero-order valence-electron chi connectivity index (χ0n) is 67.8. The second-order valence-corrected chi connectivity index (χ2v) is 27.6. The maximum Gasteiger partial charge on any atom is 0.412 e. The minimum absolute atomic E-state index is 0.0650. The van der Waals surface area contributed by atoms with Gasteiger partial charge < -0.3 is 78.1 Å². The van der Waals surface area contributed by atoms with E-state index >= 15 is 0 Å². The summed E-state index contributed by atoms with van der Waals surface area (Å²) in [6.07, 6.45) is 5.96. The summed E-state index contributed by atoms with van der Waals surface area (Å²) in [4.78, 5) is 142. The van der Waals surface area contributed by atoms with E-state index in [2.05, 4.69) is 21.3 Å². The fourth-order valence-corrected chi connectivity index (χ4v) is 9.37. The summed E-state index contributed by atoms with van der Waals surface area (Å²) in [7, 11) is 0. The maximum absolute atomic E-state index is 12.2. The van der Waals surface area contributed by atoms with Gasteiger partial charge in [0.25, 0.3) is 0 Å². The molecule has 4 atom stereocenters. The van der Waals surface area contributed by atoms with Gasteiger partial charge in [0.15, 0.2) is 0 Å². The van der Waals surface area contributed by atoms with Gasteiger partial charge in [-0.1, -0.05) is 170 Å². The summed E-state index contributed by atoms with van der Waals surface area (Å²) < 4.78 is 61.1. The fourth-order valence-electron chi connectivity index (χ4n) is 9.37. The number of para-hydroxylation sites is 1. The molecule has 0 fully saturated rings. The van der Waals surface area contributed by atoms with Crippen LogP contribution in [0.3, 0.4) is 0 Å². The minimum Gasteiger partial charge on any atom is -0.460 e. The van der Waals surface area contributed by atoms with Crippen molar-refractivity contribution in [1.29, 1.82) is 0 Å². The summed E-state index contributed by atoms with van der Waals surface area (Å²) >= 11 is 0. The number of carbonyl (C=O) groups is 12. The lowest BCUT2D eigenvalue weighted by molar-refractivity contribution is -0.143. The summed E-state index contributed by atoms with van der Waals surface area (Å²) in [5, 5.41) is 10.8. The van der Waals surface area contributed by atoms with E-state index < -0.39 is 102 Å². The Kier molecular flexibility index (Phi) is 46.6. The molecule has 28 nitrogen and oxygen atoms in total. The lowest BCUT2D eigenvalue weighted by Crippen LogP contribution is -2.43. The van der Waals surface area contributed by atoms with Gasteiger partial charge in [-0.15, -0.1) is 0 Å². The van der Waals surface area contributed by atoms with Gasteiger partial charge in [-0.2, -0.15) is 0 Å². The molecule has 0 aromatic heterocycles. The Morgan fingerprint density at radius 1 is 0.276 bits per heavy atom. The largest absolute Gasteiger partial charge is 0.460 e. The van der Waals surface area contributed by atoms with Crippen LogP contribution in [0.4, 0.5) is 19.2 Å². The number of esters is 8. The molecular weight excluding hydrogens is 1500 g/mol. The summed E-state index contributed by atoms with van der Waals surface area (Å²) in [6, 6.07) is 53.8. The van der Waals surface area contributed by atoms with Crippen LogP contribution in [0.5, 0.6) is 5.75 Å². The zero-order chi connectivity index (χ0) is 85.6. The molecule has 0 radical (unpaired) electrons. The smallest absolute Gasteiger partial charge is 0.412 e. The first-order valence-corrected chi connectivity index (χ1v) is 37.5. The van der Waals surface area contributed by atoms with Crippen LogP contribution in [0.2, 0.25) is 0 Å². The predicted molar refractivity (Wildman–Crippen MR) is 431 cm³/mol. The summed E-state index contributed by atoms with van der Waals surface area (Å²) in [5.41, 5.74) is 4.08. The second-order valence-electron chi connectivity index (χ2n) is 27.6. The molecule has 6 aromatic carbocycles. The SMILES string of the molecule is CC(C)OC(=O)/C=C/C(=O)OC[C@H](Cc1ccccc1)NC(=O)OC(C)(C)C.CC(C)OC(=O)/C=C/C(=O)OC[C@H](Cc1ccccc1)NC(=O)OC(C)C.CC(C)OC(=O)/C=C/C(=O)OC[C@H](Cc1ccccc1)NC(=O)OCc1ccccc1.CC(C)OC(=O)/C=C/C(=O)OC[C@H](Cc1ccccc1)NC(=O)Oc1ccccc1. The van der Waals surface area contributed by atoms with E-state index in [4.69, 9.17) is 56.8 Å². The summed E-state index contributed by atoms with van der Waals surface area (Å²) in [6.45, 7) is 22.3. The van der Waals surface area contributed by atoms with Gasteiger partial charge in [-0.25, -0.2) is 57.5 Å². The first-order valence-electron chi connectivity index (χ1n) is 37.5. The molecule has 0 saturated heterocycles. The number of nitrogens with one attached hydrogen (secondary N) is 4. The van der Waals surface area contributed by atoms with Crippen LogP contribution in [0, 0.1) is 0 Å². The standard InChI is InChI=1S/C24H27NO6.C23H25NO6.C21H29NO6.C20H27NO6/c1-18(2)31-23(27)14-13-22(26)29-17-21(15-19-9-5-3-6-10-19)25-24(28)30-16-20-11-7-4-8-12-20;1-17(2)29-22(26)14-13-21(25)28-16-19(15-18-9-5-3-6-10-18)24-23(27)30-20-11-7-4-8-12-20;1-15(2)27-19(24)12-11-18(23)26-14-17(13-16-9-7-6-8-10-16)22-20(25)28-21(3,4)5;1-14(2)26-19(23)11-10-18(22)25-13-17(21-20(24)27-15(3)4)12-16-8-6-5-7-9-16/h3-14,18,21H,15-17H2,1-2H3,(H,25,28);3-14,17,19H,15-16H2,1-2H3,(H,24,27);6-12,15,17H,13-14H2,1-5H3,(H,22,25);5-11,14-15,17H,12-13H2,1-4H3,(H,21,24)/b2*14-13+;12-11+;11-10+/t21-;19-;2*17-/m0000/s1. The van der Waals surface area contributed by atoms with Crippen molar-refractivity contribution in [2.45, 2.75) is 183 Å². The van der Waals surface area contributed by atoms with Crippen molar-refractivity contribution in [3.8, 4) is 5.75 Å². The number of amides is 4. The van der Waals surface area contributed by atoms with Crippen LogP contribution in [0.25, 0.3) is 0 Å². The average molecular weight is 1610 g/mol. The van der Waals surface area contributed by atoms with Crippen molar-refractivity contribution in [3.05, 3.63) is 258 Å². The molecule has 0 aliphatic rings. The van der Waals surface area contributed by atoms with Crippen molar-refractivity contribution < 1.29 is 114 Å². The highest BCUT2D eigenvalue weighted by Gasteiger charge is 2.24. The van der Waals surface area contributed by atoms with E-state index in [1.54, 1.807) is 114 Å². The van der Waals surface area contributed by atoms with Gasteiger partial charge in [0.05, 0.1) is 54.7 Å². The first kappa shape index (κ1) is 97.3. The molecule has 116 heavy (non-hydrogen) atoms. The van der Waals surface area contributed by atoms with Gasteiger partial charge in [0.1, 0.15) is 44.4 Å². The van der Waals surface area contributed by atoms with Gasteiger partial charge in [0, 0.05) is 48.6 Å². The topological polar surface area (TPSA) is 364 Å². The molecule has 6 rings (SSSR count). The van der Waals surface area contributed by atoms with Crippen molar-refractivity contribution in [2.75, 3.05) is 26.4 Å². The number of rotatable bonds is 36. The van der Waals surface area contributed by atoms with Gasteiger partial charge in [-0.05, 0) is 156 Å². The number of alkyl carbamates (subject to hydrolysis) is 3. The van der Waals surface area contributed by atoms with E-state index in [9.17, 15) is 57.5 Å². The number of hydrogen-bond donors (Lipinski definition) is 4. The van der Waals surface area contributed by atoms with Crippen LogP contribution in [0.1, 0.15) is 118 Å². The van der Waals surface area contributed by atoms with E-state index in [1.165, 1.54) is 0 Å². The van der Waals surface area contributed by atoms with Crippen molar-refractivity contribution >= 4 is 72.1 Å². The van der Waals surface area contributed by atoms with Gasteiger partial charge in [-0.3, -0.25) is 0 Å². The molecule has 0 heterocycles.